The van der Waals surface area contributed by atoms with Crippen molar-refractivity contribution >= 4 is 10.9 Å². The monoisotopic (exact) mass is 274 g/mol. The van der Waals surface area contributed by atoms with Crippen molar-refractivity contribution in [2.24, 2.45) is 0 Å². The molecule has 1 aromatic heterocycles. The van der Waals surface area contributed by atoms with Crippen LogP contribution in [0.3, 0.4) is 0 Å². The highest BCUT2D eigenvalue weighted by Crippen LogP contribution is 2.27. The topological polar surface area (TPSA) is 37.0 Å². The van der Waals surface area contributed by atoms with Crippen LogP contribution in [-0.4, -0.2) is 17.6 Å². The van der Waals surface area contributed by atoms with E-state index in [2.05, 4.69) is 50.1 Å². The second-order valence-electron chi connectivity index (χ2n) is 5.45. The molecule has 2 rings (SSSR count). The Kier molecular flexibility index (Phi) is 5.07. The van der Waals surface area contributed by atoms with E-state index in [0.29, 0.717) is 0 Å². The summed E-state index contributed by atoms with van der Waals surface area (Å²) in [6.45, 7) is 10.5. The number of H-pyrrole nitrogens is 1. The molecule has 0 aliphatic rings. The zero-order valence-electron chi connectivity index (χ0n) is 13.0. The van der Waals surface area contributed by atoms with Gasteiger partial charge < -0.3 is 15.0 Å². The van der Waals surface area contributed by atoms with Gasteiger partial charge in [-0.25, -0.2) is 0 Å². The zero-order valence-corrected chi connectivity index (χ0v) is 13.0. The highest BCUT2D eigenvalue weighted by molar-refractivity contribution is 5.86. The maximum Gasteiger partial charge on any atom is 0.120 e. The molecule has 0 saturated heterocycles. The third kappa shape index (κ3) is 3.34. The lowest BCUT2D eigenvalue weighted by atomic mass is 10.1. The van der Waals surface area contributed by atoms with Crippen LogP contribution in [-0.2, 0) is 6.54 Å². The minimum atomic E-state index is 0.258. The minimum absolute atomic E-state index is 0.258. The molecule has 1 heterocycles. The van der Waals surface area contributed by atoms with Crippen LogP contribution in [0, 0.1) is 6.92 Å². The van der Waals surface area contributed by atoms with Gasteiger partial charge in [0.25, 0.3) is 0 Å². The number of ether oxygens (including phenoxy) is 1. The molecule has 0 aliphatic carbocycles. The normalized spacial score (nSPS) is 12.8. The fraction of sp³-hybridized carbons (Fsp3) is 0.529. The summed E-state index contributed by atoms with van der Waals surface area (Å²) in [5, 5.41) is 4.75. The molecule has 2 aromatic rings. The van der Waals surface area contributed by atoms with E-state index < -0.39 is 0 Å². The molecule has 1 aromatic carbocycles. The van der Waals surface area contributed by atoms with Gasteiger partial charge in [0, 0.05) is 23.1 Å². The summed E-state index contributed by atoms with van der Waals surface area (Å²) < 4.78 is 5.93. The molecule has 0 saturated carbocycles. The van der Waals surface area contributed by atoms with Crippen molar-refractivity contribution in [3.8, 4) is 5.75 Å². The van der Waals surface area contributed by atoms with E-state index in [1.54, 1.807) is 0 Å². The molecule has 20 heavy (non-hydrogen) atoms. The van der Waals surface area contributed by atoms with E-state index >= 15 is 0 Å². The van der Waals surface area contributed by atoms with Gasteiger partial charge in [0.2, 0.25) is 0 Å². The lowest BCUT2D eigenvalue weighted by Crippen LogP contribution is -2.14. The molecule has 0 amide bonds. The van der Waals surface area contributed by atoms with E-state index in [4.69, 9.17) is 4.74 Å². The first-order valence-corrected chi connectivity index (χ1v) is 7.64. The second kappa shape index (κ2) is 6.80. The molecule has 3 nitrogen and oxygen atoms in total. The van der Waals surface area contributed by atoms with Gasteiger partial charge in [-0.1, -0.05) is 13.8 Å². The van der Waals surface area contributed by atoms with E-state index in [9.17, 15) is 0 Å². The van der Waals surface area contributed by atoms with E-state index in [-0.39, 0.29) is 6.10 Å². The lowest BCUT2D eigenvalue weighted by molar-refractivity contribution is 0.218. The van der Waals surface area contributed by atoms with Crippen molar-refractivity contribution in [1.29, 1.82) is 0 Å². The van der Waals surface area contributed by atoms with Gasteiger partial charge in [-0.05, 0) is 57.0 Å². The molecule has 0 aliphatic heterocycles. The second-order valence-corrected chi connectivity index (χ2v) is 5.45. The predicted molar refractivity (Wildman–Crippen MR) is 85.4 cm³/mol. The molecule has 0 spiro atoms. The number of hydrogen-bond donors (Lipinski definition) is 2. The predicted octanol–water partition coefficient (Wildman–Crippen LogP) is 4.15. The SMILES string of the molecule is CCCNCc1c(C)[nH]c2ccc(O[C@H](C)CC)cc12. The summed E-state index contributed by atoms with van der Waals surface area (Å²) in [5.41, 5.74) is 3.78. The number of aryl methyl sites for hydroxylation is 1. The number of nitrogens with one attached hydrogen (secondary N) is 2. The van der Waals surface area contributed by atoms with Crippen LogP contribution in [0.25, 0.3) is 10.9 Å². The van der Waals surface area contributed by atoms with Crippen LogP contribution >= 0.6 is 0 Å². The number of aromatic nitrogens is 1. The average molecular weight is 274 g/mol. The summed E-state index contributed by atoms with van der Waals surface area (Å²) >= 11 is 0. The summed E-state index contributed by atoms with van der Waals surface area (Å²) in [6.07, 6.45) is 2.44. The van der Waals surface area contributed by atoms with Crippen molar-refractivity contribution in [2.75, 3.05) is 6.54 Å². The third-order valence-electron chi connectivity index (χ3n) is 3.73. The Morgan fingerprint density at radius 1 is 1.30 bits per heavy atom. The van der Waals surface area contributed by atoms with Crippen molar-refractivity contribution in [2.45, 2.75) is 53.2 Å². The Balaban J connectivity index is 2.26. The Bertz CT molecular complexity index is 559. The van der Waals surface area contributed by atoms with Crippen molar-refractivity contribution in [3.05, 3.63) is 29.5 Å². The van der Waals surface area contributed by atoms with Gasteiger partial charge >= 0.3 is 0 Å². The summed E-state index contributed by atoms with van der Waals surface area (Å²) in [7, 11) is 0. The fourth-order valence-corrected chi connectivity index (χ4v) is 2.37. The van der Waals surface area contributed by atoms with Crippen LogP contribution in [0.4, 0.5) is 0 Å². The quantitative estimate of drug-likeness (QED) is 0.744. The standard InChI is InChI=1S/C17H26N2O/c1-5-9-18-11-16-13(4)19-17-8-7-14(10-15(16)17)20-12(3)6-2/h7-8,10,12,18-19H,5-6,9,11H2,1-4H3/t12-/m1/s1. The Hall–Kier alpha value is -1.48. The summed E-state index contributed by atoms with van der Waals surface area (Å²) in [6, 6.07) is 6.32. The molecule has 2 N–H and O–H groups in total. The number of benzene rings is 1. The molecular weight excluding hydrogens is 248 g/mol. The van der Waals surface area contributed by atoms with Gasteiger partial charge in [-0.2, -0.15) is 0 Å². The maximum atomic E-state index is 5.93. The first-order valence-electron chi connectivity index (χ1n) is 7.64. The smallest absolute Gasteiger partial charge is 0.120 e. The van der Waals surface area contributed by atoms with Gasteiger partial charge in [0.15, 0.2) is 0 Å². The molecule has 0 fully saturated rings. The lowest BCUT2D eigenvalue weighted by Gasteiger charge is -2.12. The summed E-state index contributed by atoms with van der Waals surface area (Å²) in [5.74, 6) is 0.961. The van der Waals surface area contributed by atoms with Crippen LogP contribution in [0.5, 0.6) is 5.75 Å². The molecule has 1 atom stereocenters. The largest absolute Gasteiger partial charge is 0.491 e. The van der Waals surface area contributed by atoms with E-state index in [1.165, 1.54) is 22.2 Å². The van der Waals surface area contributed by atoms with Crippen LogP contribution in [0.2, 0.25) is 0 Å². The molecular formula is C17H26N2O. The first-order chi connectivity index (χ1) is 9.65. The molecule has 3 heteroatoms. The van der Waals surface area contributed by atoms with E-state index in [1.807, 2.05) is 6.07 Å². The van der Waals surface area contributed by atoms with Gasteiger partial charge in [-0.3, -0.25) is 0 Å². The number of fused-ring (bicyclic) bond motifs is 1. The molecule has 0 bridgehead atoms. The number of aromatic amines is 1. The van der Waals surface area contributed by atoms with Crippen LogP contribution in [0.1, 0.15) is 44.9 Å². The van der Waals surface area contributed by atoms with Gasteiger partial charge in [0.05, 0.1) is 6.10 Å². The Morgan fingerprint density at radius 2 is 2.10 bits per heavy atom. The minimum Gasteiger partial charge on any atom is -0.491 e. The van der Waals surface area contributed by atoms with Crippen molar-refractivity contribution < 1.29 is 4.74 Å². The highest BCUT2D eigenvalue weighted by Gasteiger charge is 2.10. The molecule has 0 radical (unpaired) electrons. The Labute approximate surface area is 121 Å². The molecule has 110 valence electrons. The first kappa shape index (κ1) is 14.9. The van der Waals surface area contributed by atoms with Crippen molar-refractivity contribution in [3.63, 3.8) is 0 Å². The average Bonchev–Trinajstić information content (AvgIpc) is 2.75. The van der Waals surface area contributed by atoms with Crippen LogP contribution in [0.15, 0.2) is 18.2 Å². The summed E-state index contributed by atoms with van der Waals surface area (Å²) in [4.78, 5) is 3.45. The van der Waals surface area contributed by atoms with Gasteiger partial charge in [0.1, 0.15) is 5.75 Å². The van der Waals surface area contributed by atoms with E-state index in [0.717, 1.165) is 31.7 Å². The Morgan fingerprint density at radius 3 is 2.80 bits per heavy atom. The van der Waals surface area contributed by atoms with Crippen molar-refractivity contribution in [1.82, 2.24) is 10.3 Å². The third-order valence-corrected chi connectivity index (χ3v) is 3.73. The molecule has 0 unspecified atom stereocenters. The highest BCUT2D eigenvalue weighted by atomic mass is 16.5. The number of rotatable bonds is 7. The number of hydrogen-bond acceptors (Lipinski definition) is 2. The van der Waals surface area contributed by atoms with Crippen LogP contribution < -0.4 is 10.1 Å². The fourth-order valence-electron chi connectivity index (χ4n) is 2.37. The zero-order chi connectivity index (χ0) is 14.5. The maximum absolute atomic E-state index is 5.93. The van der Waals surface area contributed by atoms with Gasteiger partial charge in [-0.15, -0.1) is 0 Å².